The standard InChI is InChI=1S/C14H16BrClN2O/c1-9(2)13-11(8-19)14(16)18(17-13)7-10-5-3-4-6-12(10)15/h3-6,9,19H,7-8H2,1-2H3. The second-order valence-corrected chi connectivity index (χ2v) is 5.93. The molecule has 0 unspecified atom stereocenters. The van der Waals surface area contributed by atoms with E-state index >= 15 is 0 Å². The van der Waals surface area contributed by atoms with Gasteiger partial charge < -0.3 is 5.11 Å². The maximum Gasteiger partial charge on any atom is 0.133 e. The van der Waals surface area contributed by atoms with Crippen LogP contribution in [0.4, 0.5) is 0 Å². The number of halogens is 2. The maximum absolute atomic E-state index is 9.44. The molecule has 2 rings (SSSR count). The van der Waals surface area contributed by atoms with Crippen LogP contribution >= 0.6 is 27.5 Å². The van der Waals surface area contributed by atoms with E-state index in [0.29, 0.717) is 11.7 Å². The van der Waals surface area contributed by atoms with Crippen LogP contribution in [-0.2, 0) is 13.2 Å². The molecule has 5 heteroatoms. The summed E-state index contributed by atoms with van der Waals surface area (Å²) in [6, 6.07) is 7.96. The van der Waals surface area contributed by atoms with E-state index in [1.54, 1.807) is 4.68 Å². The van der Waals surface area contributed by atoms with Gasteiger partial charge in [-0.05, 0) is 17.5 Å². The molecule has 1 heterocycles. The van der Waals surface area contributed by atoms with Gasteiger partial charge in [0.05, 0.1) is 18.8 Å². The number of hydrogen-bond donors (Lipinski definition) is 1. The minimum absolute atomic E-state index is 0.0810. The molecule has 1 N–H and O–H groups in total. The summed E-state index contributed by atoms with van der Waals surface area (Å²) >= 11 is 9.82. The Hall–Kier alpha value is -0.840. The van der Waals surface area contributed by atoms with Crippen molar-refractivity contribution in [3.8, 4) is 0 Å². The molecule has 0 saturated heterocycles. The smallest absolute Gasteiger partial charge is 0.133 e. The monoisotopic (exact) mass is 342 g/mol. The van der Waals surface area contributed by atoms with Gasteiger partial charge in [-0.25, -0.2) is 4.68 Å². The highest BCUT2D eigenvalue weighted by molar-refractivity contribution is 9.10. The molecule has 0 atom stereocenters. The average Bonchev–Trinajstić information content (AvgIpc) is 2.69. The number of nitrogens with zero attached hydrogens (tertiary/aromatic N) is 2. The molecule has 0 saturated carbocycles. The second kappa shape index (κ2) is 6.07. The molecule has 1 aromatic carbocycles. The molecule has 0 aliphatic heterocycles. The van der Waals surface area contributed by atoms with Crippen LogP contribution < -0.4 is 0 Å². The van der Waals surface area contributed by atoms with Gasteiger partial charge >= 0.3 is 0 Å². The molecule has 0 radical (unpaired) electrons. The summed E-state index contributed by atoms with van der Waals surface area (Å²) in [5.74, 6) is 0.236. The largest absolute Gasteiger partial charge is 0.391 e. The summed E-state index contributed by atoms with van der Waals surface area (Å²) < 4.78 is 2.76. The first-order chi connectivity index (χ1) is 9.04. The van der Waals surface area contributed by atoms with Crippen molar-refractivity contribution in [1.29, 1.82) is 0 Å². The van der Waals surface area contributed by atoms with Crippen LogP contribution in [0.2, 0.25) is 5.15 Å². The Labute approximate surface area is 126 Å². The molecular formula is C14H16BrClN2O. The molecule has 102 valence electrons. The quantitative estimate of drug-likeness (QED) is 0.912. The highest BCUT2D eigenvalue weighted by Gasteiger charge is 2.18. The van der Waals surface area contributed by atoms with E-state index < -0.39 is 0 Å². The van der Waals surface area contributed by atoms with E-state index in [-0.39, 0.29) is 12.5 Å². The lowest BCUT2D eigenvalue weighted by atomic mass is 10.1. The van der Waals surface area contributed by atoms with Gasteiger partial charge in [-0.2, -0.15) is 5.10 Å². The molecule has 19 heavy (non-hydrogen) atoms. The maximum atomic E-state index is 9.44. The van der Waals surface area contributed by atoms with E-state index in [4.69, 9.17) is 11.6 Å². The Balaban J connectivity index is 2.39. The van der Waals surface area contributed by atoms with Gasteiger partial charge in [-0.15, -0.1) is 0 Å². The van der Waals surface area contributed by atoms with Crippen molar-refractivity contribution >= 4 is 27.5 Å². The van der Waals surface area contributed by atoms with Crippen molar-refractivity contribution in [3.63, 3.8) is 0 Å². The van der Waals surface area contributed by atoms with Crippen molar-refractivity contribution in [3.05, 3.63) is 50.7 Å². The molecule has 2 aromatic rings. The van der Waals surface area contributed by atoms with Crippen molar-refractivity contribution in [2.45, 2.75) is 32.9 Å². The van der Waals surface area contributed by atoms with Gasteiger partial charge in [0.1, 0.15) is 5.15 Å². The first-order valence-corrected chi connectivity index (χ1v) is 7.31. The van der Waals surface area contributed by atoms with E-state index in [1.165, 1.54) is 0 Å². The molecule has 0 bridgehead atoms. The predicted molar refractivity (Wildman–Crippen MR) is 80.5 cm³/mol. The van der Waals surface area contributed by atoms with E-state index in [0.717, 1.165) is 21.3 Å². The van der Waals surface area contributed by atoms with E-state index in [1.807, 2.05) is 38.1 Å². The summed E-state index contributed by atoms with van der Waals surface area (Å²) in [6.07, 6.45) is 0. The van der Waals surface area contributed by atoms with Crippen LogP contribution in [0.15, 0.2) is 28.7 Å². The topological polar surface area (TPSA) is 38.0 Å². The molecule has 0 spiro atoms. The van der Waals surface area contributed by atoms with Crippen LogP contribution in [0.5, 0.6) is 0 Å². The Morgan fingerprint density at radius 2 is 2.05 bits per heavy atom. The number of hydrogen-bond acceptors (Lipinski definition) is 2. The predicted octanol–water partition coefficient (Wildman–Crippen LogP) is 3.96. The van der Waals surface area contributed by atoms with Crippen molar-refractivity contribution in [2.75, 3.05) is 0 Å². The third-order valence-electron chi connectivity index (χ3n) is 3.00. The normalized spacial score (nSPS) is 11.3. The lowest BCUT2D eigenvalue weighted by Gasteiger charge is -2.06. The Morgan fingerprint density at radius 1 is 1.37 bits per heavy atom. The Kier molecular flexibility index (Phi) is 4.66. The fraction of sp³-hybridized carbons (Fsp3) is 0.357. The van der Waals surface area contributed by atoms with Crippen molar-refractivity contribution < 1.29 is 5.11 Å². The zero-order chi connectivity index (χ0) is 14.0. The SMILES string of the molecule is CC(C)c1nn(Cc2ccccc2Br)c(Cl)c1CO. The molecule has 3 nitrogen and oxygen atoms in total. The molecule has 0 aliphatic rings. The van der Waals surface area contributed by atoms with Crippen molar-refractivity contribution in [1.82, 2.24) is 9.78 Å². The summed E-state index contributed by atoms with van der Waals surface area (Å²) in [4.78, 5) is 0. The first kappa shape index (κ1) is 14.6. The van der Waals surface area contributed by atoms with Gasteiger partial charge in [0.25, 0.3) is 0 Å². The van der Waals surface area contributed by atoms with Gasteiger partial charge in [-0.3, -0.25) is 0 Å². The first-order valence-electron chi connectivity index (χ1n) is 6.14. The summed E-state index contributed by atoms with van der Waals surface area (Å²) in [5.41, 5.74) is 2.69. The number of aliphatic hydroxyl groups excluding tert-OH is 1. The minimum Gasteiger partial charge on any atom is -0.391 e. The molecule has 0 amide bonds. The zero-order valence-corrected chi connectivity index (χ0v) is 13.2. The summed E-state index contributed by atoms with van der Waals surface area (Å²) in [5, 5.41) is 14.5. The average molecular weight is 344 g/mol. The number of aliphatic hydroxyl groups is 1. The van der Waals surface area contributed by atoms with Crippen LogP contribution in [0, 0.1) is 0 Å². The van der Waals surface area contributed by atoms with Crippen LogP contribution in [0.25, 0.3) is 0 Å². The summed E-state index contributed by atoms with van der Waals surface area (Å²) in [6.45, 7) is 4.59. The van der Waals surface area contributed by atoms with Crippen LogP contribution in [0.3, 0.4) is 0 Å². The van der Waals surface area contributed by atoms with E-state index in [9.17, 15) is 5.11 Å². The minimum atomic E-state index is -0.0810. The lowest BCUT2D eigenvalue weighted by Crippen LogP contribution is -2.03. The van der Waals surface area contributed by atoms with Gasteiger partial charge in [0.2, 0.25) is 0 Å². The number of benzene rings is 1. The second-order valence-electron chi connectivity index (χ2n) is 4.72. The molecule has 0 fully saturated rings. The van der Waals surface area contributed by atoms with Gasteiger partial charge in [-0.1, -0.05) is 59.6 Å². The Bertz CT molecular complexity index is 581. The molecular weight excluding hydrogens is 328 g/mol. The zero-order valence-electron chi connectivity index (χ0n) is 10.9. The highest BCUT2D eigenvalue weighted by atomic mass is 79.9. The fourth-order valence-corrected chi connectivity index (χ4v) is 2.66. The third kappa shape index (κ3) is 3.02. The lowest BCUT2D eigenvalue weighted by molar-refractivity contribution is 0.280. The fourth-order valence-electron chi connectivity index (χ4n) is 2.00. The molecule has 1 aromatic heterocycles. The number of rotatable bonds is 4. The third-order valence-corrected chi connectivity index (χ3v) is 4.19. The number of aromatic nitrogens is 2. The van der Waals surface area contributed by atoms with Crippen LogP contribution in [-0.4, -0.2) is 14.9 Å². The van der Waals surface area contributed by atoms with E-state index in [2.05, 4.69) is 21.0 Å². The van der Waals surface area contributed by atoms with Gasteiger partial charge in [0.15, 0.2) is 0 Å². The van der Waals surface area contributed by atoms with Gasteiger partial charge in [0, 0.05) is 10.0 Å². The summed E-state index contributed by atoms with van der Waals surface area (Å²) in [7, 11) is 0. The van der Waals surface area contributed by atoms with Crippen LogP contribution in [0.1, 0.15) is 36.6 Å². The Morgan fingerprint density at radius 3 is 2.58 bits per heavy atom. The highest BCUT2D eigenvalue weighted by Crippen LogP contribution is 2.27. The molecule has 0 aliphatic carbocycles. The van der Waals surface area contributed by atoms with Crippen molar-refractivity contribution in [2.24, 2.45) is 0 Å².